The number of piperazine rings is 1. The highest BCUT2D eigenvalue weighted by atomic mass is 32.1. The van der Waals surface area contributed by atoms with Crippen molar-refractivity contribution in [3.05, 3.63) is 71.8 Å². The van der Waals surface area contributed by atoms with Crippen LogP contribution in [0, 0.1) is 5.41 Å². The minimum atomic E-state index is 0.809. The Hall–Kier alpha value is -3.86. The molecular formula is C33H41N9S. The molecule has 6 rings (SSSR count). The quantitative estimate of drug-likeness (QED) is 0.106. The van der Waals surface area contributed by atoms with Gasteiger partial charge in [0.2, 0.25) is 0 Å². The predicted octanol–water partition coefficient (Wildman–Crippen LogP) is 5.97. The van der Waals surface area contributed by atoms with Gasteiger partial charge in [0.1, 0.15) is 17.0 Å². The van der Waals surface area contributed by atoms with Gasteiger partial charge in [-0.25, -0.2) is 9.97 Å². The van der Waals surface area contributed by atoms with E-state index in [1.165, 1.54) is 27.9 Å². The van der Waals surface area contributed by atoms with Crippen LogP contribution in [0.5, 0.6) is 0 Å². The SMILES string of the molecule is C/C=C\C=C/CCNc1ccc(Nc2ncnc3sc4c(c23)CCc2nn(CCN3CCN(CC)CC3)cc2-4)cc1C=N. The molecule has 0 radical (unpaired) electrons. The molecule has 1 fully saturated rings. The topological polar surface area (TPSA) is 98.0 Å². The first-order valence-electron chi connectivity index (χ1n) is 15.4. The number of fused-ring (bicyclic) bond motifs is 5. The van der Waals surface area contributed by atoms with Gasteiger partial charge in [-0.2, -0.15) is 5.10 Å². The fraction of sp³-hybridized carbons (Fsp3) is 0.394. The van der Waals surface area contributed by atoms with Crippen LogP contribution in [-0.4, -0.2) is 81.6 Å². The average molecular weight is 596 g/mol. The minimum absolute atomic E-state index is 0.809. The Morgan fingerprint density at radius 3 is 2.72 bits per heavy atom. The van der Waals surface area contributed by atoms with Crippen molar-refractivity contribution in [3.63, 3.8) is 0 Å². The summed E-state index contributed by atoms with van der Waals surface area (Å²) in [7, 11) is 0. The zero-order valence-corrected chi connectivity index (χ0v) is 26.0. The van der Waals surface area contributed by atoms with E-state index in [1.54, 1.807) is 17.7 Å². The average Bonchev–Trinajstić information content (AvgIpc) is 3.64. The first-order chi connectivity index (χ1) is 21.2. The van der Waals surface area contributed by atoms with E-state index in [0.717, 1.165) is 105 Å². The van der Waals surface area contributed by atoms with E-state index in [4.69, 9.17) is 10.5 Å². The van der Waals surface area contributed by atoms with Crippen molar-refractivity contribution in [2.75, 3.05) is 56.4 Å². The summed E-state index contributed by atoms with van der Waals surface area (Å²) < 4.78 is 2.15. The molecule has 43 heavy (non-hydrogen) atoms. The molecule has 0 saturated carbocycles. The van der Waals surface area contributed by atoms with E-state index in [2.05, 4.69) is 60.4 Å². The number of allylic oxidation sites excluding steroid dienone is 3. The summed E-state index contributed by atoms with van der Waals surface area (Å²) in [4.78, 5) is 16.7. The molecule has 0 atom stereocenters. The smallest absolute Gasteiger partial charge is 0.142 e. The molecule has 4 aromatic rings. The highest BCUT2D eigenvalue weighted by Gasteiger charge is 2.26. The molecule has 0 bridgehead atoms. The predicted molar refractivity (Wildman–Crippen MR) is 179 cm³/mol. The number of aryl methyl sites for hydroxylation is 2. The first kappa shape index (κ1) is 29.2. The molecule has 10 heteroatoms. The standard InChI is InChI=1S/C33H41N9S/c1-3-5-6-7-8-13-35-28-11-9-25(20-24(28)21-34)38-32-30-26-10-12-29-27(31(26)43-33(30)37-23-36-32)22-42(39-29)19-18-41-16-14-40(4-2)15-17-41/h3,5-7,9,11,20-23,34-35H,4,8,10,12-19H2,1-2H3,(H,36,37,38)/b5-3-,7-6-,34-21?. The number of hydrogen-bond acceptors (Lipinski definition) is 9. The second kappa shape index (κ2) is 13.6. The molecule has 1 saturated heterocycles. The molecule has 3 aromatic heterocycles. The molecule has 9 nitrogen and oxygen atoms in total. The second-order valence-corrected chi connectivity index (χ2v) is 12.1. The van der Waals surface area contributed by atoms with Crippen LogP contribution >= 0.6 is 11.3 Å². The lowest BCUT2D eigenvalue weighted by Gasteiger charge is -2.33. The van der Waals surface area contributed by atoms with Crippen LogP contribution < -0.4 is 10.6 Å². The van der Waals surface area contributed by atoms with Gasteiger partial charge in [0.05, 0.1) is 17.6 Å². The van der Waals surface area contributed by atoms with Gasteiger partial charge in [-0.1, -0.05) is 31.2 Å². The largest absolute Gasteiger partial charge is 0.384 e. The van der Waals surface area contributed by atoms with Crippen LogP contribution in [0.1, 0.15) is 37.1 Å². The Kier molecular flexibility index (Phi) is 9.26. The van der Waals surface area contributed by atoms with E-state index < -0.39 is 0 Å². The zero-order chi connectivity index (χ0) is 29.6. The molecular weight excluding hydrogens is 554 g/mol. The lowest BCUT2D eigenvalue weighted by molar-refractivity contribution is 0.133. The van der Waals surface area contributed by atoms with Crippen molar-refractivity contribution in [3.8, 4) is 10.4 Å². The van der Waals surface area contributed by atoms with Gasteiger partial charge in [-0.05, 0) is 56.5 Å². The minimum Gasteiger partial charge on any atom is -0.384 e. The van der Waals surface area contributed by atoms with E-state index in [-0.39, 0.29) is 0 Å². The number of nitrogens with one attached hydrogen (secondary N) is 3. The molecule has 0 amide bonds. The highest BCUT2D eigenvalue weighted by molar-refractivity contribution is 7.22. The number of rotatable bonds is 12. The molecule has 1 aliphatic heterocycles. The van der Waals surface area contributed by atoms with Crippen LogP contribution in [-0.2, 0) is 19.4 Å². The fourth-order valence-electron chi connectivity index (χ4n) is 5.94. The molecule has 2 aliphatic rings. The van der Waals surface area contributed by atoms with Crippen LogP contribution in [0.15, 0.2) is 55.0 Å². The summed E-state index contributed by atoms with van der Waals surface area (Å²) in [5.74, 6) is 0.815. The van der Waals surface area contributed by atoms with Gasteiger partial charge in [-0.15, -0.1) is 11.3 Å². The van der Waals surface area contributed by atoms with Crippen LogP contribution in [0.4, 0.5) is 17.2 Å². The maximum absolute atomic E-state index is 7.99. The number of benzene rings is 1. The molecule has 3 N–H and O–H groups in total. The van der Waals surface area contributed by atoms with E-state index in [9.17, 15) is 0 Å². The van der Waals surface area contributed by atoms with Gasteiger partial charge < -0.3 is 20.9 Å². The molecule has 224 valence electrons. The number of anilines is 3. The van der Waals surface area contributed by atoms with Crippen molar-refractivity contribution < 1.29 is 0 Å². The molecule has 1 aromatic carbocycles. The lowest BCUT2D eigenvalue weighted by Crippen LogP contribution is -2.46. The highest BCUT2D eigenvalue weighted by Crippen LogP contribution is 2.45. The first-order valence-corrected chi connectivity index (χ1v) is 16.2. The van der Waals surface area contributed by atoms with Crippen LogP contribution in [0.25, 0.3) is 20.7 Å². The van der Waals surface area contributed by atoms with Crippen molar-refractivity contribution in [2.24, 2.45) is 0 Å². The Bertz CT molecular complexity index is 1620. The fourth-order valence-corrected chi connectivity index (χ4v) is 7.16. The van der Waals surface area contributed by atoms with Gasteiger partial charge in [-0.3, -0.25) is 9.58 Å². The maximum Gasteiger partial charge on any atom is 0.142 e. The number of thiophene rings is 1. The number of aromatic nitrogens is 4. The number of nitrogens with zero attached hydrogens (tertiary/aromatic N) is 6. The Morgan fingerprint density at radius 2 is 1.91 bits per heavy atom. The monoisotopic (exact) mass is 595 g/mol. The summed E-state index contributed by atoms with van der Waals surface area (Å²) in [6.07, 6.45) is 16.3. The third kappa shape index (κ3) is 6.56. The summed E-state index contributed by atoms with van der Waals surface area (Å²) in [5.41, 5.74) is 6.43. The van der Waals surface area contributed by atoms with Crippen LogP contribution in [0.3, 0.4) is 0 Å². The second-order valence-electron chi connectivity index (χ2n) is 11.1. The van der Waals surface area contributed by atoms with Gasteiger partial charge >= 0.3 is 0 Å². The Labute approximate surface area is 257 Å². The normalized spacial score (nSPS) is 15.8. The van der Waals surface area contributed by atoms with Crippen molar-refractivity contribution in [1.29, 1.82) is 5.41 Å². The van der Waals surface area contributed by atoms with Crippen LogP contribution in [0.2, 0.25) is 0 Å². The Morgan fingerprint density at radius 1 is 1.05 bits per heavy atom. The summed E-state index contributed by atoms with van der Waals surface area (Å²) in [6, 6.07) is 6.08. The van der Waals surface area contributed by atoms with Crippen molar-refractivity contribution in [1.82, 2.24) is 29.5 Å². The third-order valence-electron chi connectivity index (χ3n) is 8.38. The molecule has 4 heterocycles. The number of hydrogen-bond donors (Lipinski definition) is 3. The van der Waals surface area contributed by atoms with E-state index >= 15 is 0 Å². The summed E-state index contributed by atoms with van der Waals surface area (Å²) >= 11 is 1.74. The van der Waals surface area contributed by atoms with Gasteiger partial charge in [0.15, 0.2) is 0 Å². The van der Waals surface area contributed by atoms with E-state index in [1.807, 2.05) is 37.3 Å². The Balaban J connectivity index is 1.17. The van der Waals surface area contributed by atoms with Crippen molar-refractivity contribution in [2.45, 2.75) is 39.7 Å². The number of likely N-dealkylation sites (N-methyl/N-ethyl adjacent to an activating group) is 1. The van der Waals surface area contributed by atoms with E-state index in [0.29, 0.717) is 0 Å². The van der Waals surface area contributed by atoms with Crippen molar-refractivity contribution >= 4 is 45.0 Å². The third-order valence-corrected chi connectivity index (χ3v) is 9.55. The molecule has 0 spiro atoms. The van der Waals surface area contributed by atoms with Gasteiger partial charge in [0.25, 0.3) is 0 Å². The molecule has 0 unspecified atom stereocenters. The van der Waals surface area contributed by atoms with Gasteiger partial charge in [0, 0.05) is 79.1 Å². The lowest BCUT2D eigenvalue weighted by atomic mass is 9.95. The molecule has 1 aliphatic carbocycles. The zero-order valence-electron chi connectivity index (χ0n) is 25.1. The maximum atomic E-state index is 7.99. The summed E-state index contributed by atoms with van der Waals surface area (Å²) in [6.45, 7) is 12.8. The summed E-state index contributed by atoms with van der Waals surface area (Å²) in [5, 5.41) is 21.1.